The largest absolute Gasteiger partial charge is 0.496 e. The third-order valence-electron chi connectivity index (χ3n) is 3.25. The number of rotatable bonds is 5. The minimum Gasteiger partial charge on any atom is -0.496 e. The fourth-order valence-electron chi connectivity index (χ4n) is 2.16. The molecular formula is C15H17ClFNOS. The van der Waals surface area contributed by atoms with Gasteiger partial charge in [-0.05, 0) is 49.1 Å². The second-order valence-corrected chi connectivity index (χ2v) is 6.22. The van der Waals surface area contributed by atoms with Crippen LogP contribution in [0.25, 0.3) is 0 Å². The maximum atomic E-state index is 13.4. The van der Waals surface area contributed by atoms with Crippen LogP contribution in [0.1, 0.15) is 37.1 Å². The second kappa shape index (κ2) is 6.57. The molecule has 0 amide bonds. The van der Waals surface area contributed by atoms with Gasteiger partial charge in [-0.2, -0.15) is 0 Å². The Bertz CT molecular complexity index is 587. The maximum Gasteiger partial charge on any atom is 0.123 e. The highest BCUT2D eigenvalue weighted by atomic mass is 35.5. The summed E-state index contributed by atoms with van der Waals surface area (Å²) in [7, 11) is 1.59. The Morgan fingerprint density at radius 1 is 1.25 bits per heavy atom. The van der Waals surface area contributed by atoms with Crippen molar-refractivity contribution in [2.24, 2.45) is 0 Å². The molecule has 0 spiro atoms. The van der Waals surface area contributed by atoms with Crippen LogP contribution < -0.4 is 10.1 Å². The minimum absolute atomic E-state index is 0.0330. The molecular weight excluding hydrogens is 297 g/mol. The average molecular weight is 314 g/mol. The highest BCUT2D eigenvalue weighted by Crippen LogP contribution is 2.30. The molecule has 0 saturated carbocycles. The second-order valence-electron chi connectivity index (χ2n) is 4.68. The predicted molar refractivity (Wildman–Crippen MR) is 82.2 cm³/mol. The Kier molecular flexibility index (Phi) is 5.02. The Hall–Kier alpha value is -1.10. The van der Waals surface area contributed by atoms with Gasteiger partial charge in [-0.25, -0.2) is 4.39 Å². The third-order valence-corrected chi connectivity index (χ3v) is 4.36. The van der Waals surface area contributed by atoms with Crippen LogP contribution in [0.2, 0.25) is 4.34 Å². The van der Waals surface area contributed by atoms with Crippen molar-refractivity contribution in [3.8, 4) is 5.75 Å². The summed E-state index contributed by atoms with van der Waals surface area (Å²) >= 11 is 7.45. The van der Waals surface area contributed by atoms with E-state index < -0.39 is 0 Å². The van der Waals surface area contributed by atoms with Crippen molar-refractivity contribution < 1.29 is 9.13 Å². The van der Waals surface area contributed by atoms with Gasteiger partial charge in [-0.15, -0.1) is 11.3 Å². The number of hydrogen-bond donors (Lipinski definition) is 1. The summed E-state index contributed by atoms with van der Waals surface area (Å²) in [5, 5.41) is 5.45. The molecule has 2 rings (SSSR count). The first-order valence-electron chi connectivity index (χ1n) is 6.34. The summed E-state index contributed by atoms with van der Waals surface area (Å²) in [6.45, 7) is 4.04. The van der Waals surface area contributed by atoms with E-state index in [1.807, 2.05) is 18.4 Å². The van der Waals surface area contributed by atoms with E-state index in [0.717, 1.165) is 15.5 Å². The molecule has 2 aromatic rings. The number of hydrogen-bond acceptors (Lipinski definition) is 3. The lowest BCUT2D eigenvalue weighted by Crippen LogP contribution is -2.22. The molecule has 2 atom stereocenters. The van der Waals surface area contributed by atoms with Gasteiger partial charge in [0.15, 0.2) is 0 Å². The highest BCUT2D eigenvalue weighted by Gasteiger charge is 2.16. The summed E-state index contributed by atoms with van der Waals surface area (Å²) in [5.74, 6) is 0.419. The number of nitrogens with one attached hydrogen (secondary N) is 1. The quantitative estimate of drug-likeness (QED) is 0.842. The van der Waals surface area contributed by atoms with Gasteiger partial charge in [0.1, 0.15) is 11.6 Å². The predicted octanol–water partition coefficient (Wildman–Crippen LogP) is 4.96. The van der Waals surface area contributed by atoms with Crippen LogP contribution in [0.15, 0.2) is 29.6 Å². The van der Waals surface area contributed by atoms with Gasteiger partial charge < -0.3 is 10.1 Å². The zero-order chi connectivity index (χ0) is 14.7. The summed E-state index contributed by atoms with van der Waals surface area (Å²) in [5.41, 5.74) is 1.93. The van der Waals surface area contributed by atoms with E-state index in [9.17, 15) is 4.39 Å². The lowest BCUT2D eigenvalue weighted by Gasteiger charge is -2.21. The van der Waals surface area contributed by atoms with Crippen molar-refractivity contribution in [2.45, 2.75) is 25.9 Å². The lowest BCUT2D eigenvalue weighted by atomic mass is 10.0. The normalized spacial score (nSPS) is 14.1. The van der Waals surface area contributed by atoms with Crippen LogP contribution in [-0.2, 0) is 0 Å². The summed E-state index contributed by atoms with van der Waals surface area (Å²) in [6.07, 6.45) is 0. The number of ether oxygens (including phenoxy) is 1. The molecule has 0 aliphatic carbocycles. The van der Waals surface area contributed by atoms with Gasteiger partial charge in [0.2, 0.25) is 0 Å². The first-order chi connectivity index (χ1) is 9.51. The number of thiophene rings is 1. The van der Waals surface area contributed by atoms with Crippen molar-refractivity contribution in [3.05, 3.63) is 50.9 Å². The first kappa shape index (κ1) is 15.3. The molecule has 0 aliphatic rings. The Morgan fingerprint density at radius 2 is 2.00 bits per heavy atom. The van der Waals surface area contributed by atoms with E-state index >= 15 is 0 Å². The maximum absolute atomic E-state index is 13.4. The van der Waals surface area contributed by atoms with E-state index in [1.54, 1.807) is 13.2 Å². The van der Waals surface area contributed by atoms with Crippen LogP contribution in [0.4, 0.5) is 4.39 Å². The first-order valence-corrected chi connectivity index (χ1v) is 7.60. The van der Waals surface area contributed by atoms with Crippen molar-refractivity contribution in [2.75, 3.05) is 7.11 Å². The van der Waals surface area contributed by atoms with Crippen molar-refractivity contribution in [3.63, 3.8) is 0 Å². The van der Waals surface area contributed by atoms with Crippen LogP contribution in [0.3, 0.4) is 0 Å². The smallest absolute Gasteiger partial charge is 0.123 e. The summed E-state index contributed by atoms with van der Waals surface area (Å²) < 4.78 is 19.5. The molecule has 2 nitrogen and oxygen atoms in total. The molecule has 20 heavy (non-hydrogen) atoms. The van der Waals surface area contributed by atoms with E-state index in [1.165, 1.54) is 23.5 Å². The highest BCUT2D eigenvalue weighted by molar-refractivity contribution is 7.14. The number of benzene rings is 1. The molecule has 108 valence electrons. The zero-order valence-electron chi connectivity index (χ0n) is 11.6. The van der Waals surface area contributed by atoms with Crippen molar-refractivity contribution in [1.82, 2.24) is 5.32 Å². The molecule has 1 N–H and O–H groups in total. The molecule has 0 radical (unpaired) electrons. The van der Waals surface area contributed by atoms with Gasteiger partial charge >= 0.3 is 0 Å². The van der Waals surface area contributed by atoms with Crippen LogP contribution in [0, 0.1) is 5.82 Å². The molecule has 1 heterocycles. The minimum atomic E-state index is -0.263. The van der Waals surface area contributed by atoms with E-state index in [4.69, 9.17) is 16.3 Å². The molecule has 1 aromatic carbocycles. The molecule has 1 aromatic heterocycles. The molecule has 0 fully saturated rings. The van der Waals surface area contributed by atoms with Gasteiger partial charge in [0.05, 0.1) is 11.4 Å². The molecule has 0 aliphatic heterocycles. The van der Waals surface area contributed by atoms with Crippen molar-refractivity contribution >= 4 is 22.9 Å². The lowest BCUT2D eigenvalue weighted by molar-refractivity contribution is 0.395. The van der Waals surface area contributed by atoms with E-state index in [0.29, 0.717) is 5.75 Å². The monoisotopic (exact) mass is 313 g/mol. The van der Waals surface area contributed by atoms with Crippen LogP contribution in [-0.4, -0.2) is 7.11 Å². The standard InChI is InChI=1S/C15H17ClFNOS/c1-9(11-6-15(16)20-8-11)18-10(2)13-7-12(17)4-5-14(13)19-3/h4-10,18H,1-3H3. The van der Waals surface area contributed by atoms with Crippen LogP contribution >= 0.6 is 22.9 Å². The van der Waals surface area contributed by atoms with Crippen LogP contribution in [0.5, 0.6) is 5.75 Å². The molecule has 0 saturated heterocycles. The third kappa shape index (κ3) is 3.51. The SMILES string of the molecule is COc1ccc(F)cc1C(C)NC(C)c1csc(Cl)c1. The summed E-state index contributed by atoms with van der Waals surface area (Å²) in [6, 6.07) is 6.59. The molecule has 5 heteroatoms. The van der Waals surface area contributed by atoms with Gasteiger partial charge in [-0.1, -0.05) is 11.6 Å². The average Bonchev–Trinajstić information content (AvgIpc) is 2.85. The van der Waals surface area contributed by atoms with E-state index in [-0.39, 0.29) is 17.9 Å². The Morgan fingerprint density at radius 3 is 2.60 bits per heavy atom. The zero-order valence-corrected chi connectivity index (χ0v) is 13.2. The molecule has 2 unspecified atom stereocenters. The van der Waals surface area contributed by atoms with Crippen molar-refractivity contribution in [1.29, 1.82) is 0 Å². The Labute approximate surface area is 127 Å². The van der Waals surface area contributed by atoms with Gasteiger partial charge in [-0.3, -0.25) is 0 Å². The Balaban J connectivity index is 2.15. The topological polar surface area (TPSA) is 21.3 Å². The number of halogens is 2. The fraction of sp³-hybridized carbons (Fsp3) is 0.333. The summed E-state index contributed by atoms with van der Waals surface area (Å²) in [4.78, 5) is 0. The number of methoxy groups -OCH3 is 1. The van der Waals surface area contributed by atoms with Gasteiger partial charge in [0, 0.05) is 17.6 Å². The van der Waals surface area contributed by atoms with E-state index in [2.05, 4.69) is 12.2 Å². The molecule has 0 bridgehead atoms. The van der Waals surface area contributed by atoms with Gasteiger partial charge in [0.25, 0.3) is 0 Å². The fourth-order valence-corrected chi connectivity index (χ4v) is 3.14.